The average molecular weight is 908 g/mol. The highest BCUT2D eigenvalue weighted by atomic mass is 16.5. The Labute approximate surface area is 394 Å². The molecule has 0 spiro atoms. The molecule has 15 nitrogen and oxygen atoms in total. The standard InChI is InChI=1S/C11H19NO.2C10H19N3.C10H18N2O.C9H18N4/c1-10(2,3)8-7-9(13-12-8)11(4,5)6;1-9(2,3)8-7-13(12-11-8)10(4,5)6;1-9(2,3)8-7-11-13(12-8)10(4,5)6;1-9(2,3)7-11-8(13-12-7)10(4,5)6;1-8(2,3)7-10-12-13(11-7)9(4,5)6/h3*7H,1-6H3;2*1-6H3. The first-order valence-electron chi connectivity index (χ1n) is 23.1. The van der Waals surface area contributed by atoms with E-state index in [9.17, 15) is 0 Å². The number of rotatable bonds is 0. The first kappa shape index (κ1) is 58.7. The fourth-order valence-corrected chi connectivity index (χ4v) is 4.48. The summed E-state index contributed by atoms with van der Waals surface area (Å²) in [6, 6.07) is 2.06. The molecule has 0 fully saturated rings. The van der Waals surface area contributed by atoms with E-state index in [1.54, 1.807) is 9.59 Å². The molecule has 65 heavy (non-hydrogen) atoms. The van der Waals surface area contributed by atoms with Crippen LogP contribution in [0.1, 0.15) is 248 Å². The smallest absolute Gasteiger partial charge is 0.232 e. The Morgan fingerprint density at radius 3 is 1.11 bits per heavy atom. The summed E-state index contributed by atoms with van der Waals surface area (Å²) in [6.07, 6.45) is 3.88. The van der Waals surface area contributed by atoms with Gasteiger partial charge in [-0.15, -0.1) is 15.3 Å². The predicted molar refractivity (Wildman–Crippen MR) is 265 cm³/mol. The van der Waals surface area contributed by atoms with Crippen LogP contribution < -0.4 is 0 Å². The van der Waals surface area contributed by atoms with Crippen LogP contribution in [0.2, 0.25) is 0 Å². The maximum absolute atomic E-state index is 5.31. The van der Waals surface area contributed by atoms with Crippen molar-refractivity contribution in [2.45, 2.75) is 262 Å². The van der Waals surface area contributed by atoms with Gasteiger partial charge in [-0.3, -0.25) is 0 Å². The number of aromatic nitrogens is 13. The van der Waals surface area contributed by atoms with Gasteiger partial charge >= 0.3 is 0 Å². The van der Waals surface area contributed by atoms with Gasteiger partial charge < -0.3 is 9.05 Å². The number of hydrogen-bond acceptors (Lipinski definition) is 12. The summed E-state index contributed by atoms with van der Waals surface area (Å²) in [5.41, 5.74) is 3.21. The molecule has 15 heteroatoms. The van der Waals surface area contributed by atoms with E-state index in [0.717, 1.165) is 34.5 Å². The Kier molecular flexibility index (Phi) is 18.3. The van der Waals surface area contributed by atoms with Crippen molar-refractivity contribution in [3.05, 3.63) is 58.8 Å². The molecule has 0 aromatic carbocycles. The summed E-state index contributed by atoms with van der Waals surface area (Å²) < 4.78 is 12.4. The van der Waals surface area contributed by atoms with E-state index in [2.05, 4.69) is 265 Å². The summed E-state index contributed by atoms with van der Waals surface area (Å²) in [4.78, 5) is 7.81. The van der Waals surface area contributed by atoms with Crippen molar-refractivity contribution in [3.8, 4) is 0 Å². The Morgan fingerprint density at radius 1 is 0.400 bits per heavy atom. The molecule has 0 radical (unpaired) electrons. The van der Waals surface area contributed by atoms with E-state index in [4.69, 9.17) is 9.05 Å². The van der Waals surface area contributed by atoms with Gasteiger partial charge in [0, 0.05) is 50.2 Å². The van der Waals surface area contributed by atoms with Crippen LogP contribution >= 0.6 is 0 Å². The zero-order valence-electron chi connectivity index (χ0n) is 46.9. The molecule has 5 heterocycles. The first-order chi connectivity index (χ1) is 28.6. The highest BCUT2D eigenvalue weighted by molar-refractivity contribution is 5.18. The molecule has 5 aromatic rings. The molecule has 0 saturated heterocycles. The van der Waals surface area contributed by atoms with E-state index < -0.39 is 0 Å². The summed E-state index contributed by atoms with van der Waals surface area (Å²) in [6.45, 7) is 63.1. The molecule has 370 valence electrons. The monoisotopic (exact) mass is 908 g/mol. The molecule has 0 aliphatic heterocycles. The second-order valence-corrected chi connectivity index (χ2v) is 27.2. The lowest BCUT2D eigenvalue weighted by Crippen LogP contribution is -2.25. The maximum Gasteiger partial charge on any atom is 0.232 e. The van der Waals surface area contributed by atoms with E-state index in [1.165, 1.54) is 0 Å². The lowest BCUT2D eigenvalue weighted by atomic mass is 9.88. The van der Waals surface area contributed by atoms with Crippen LogP contribution in [0.4, 0.5) is 0 Å². The number of nitrogens with zero attached hydrogens (tertiary/aromatic N) is 13. The quantitative estimate of drug-likeness (QED) is 0.144. The van der Waals surface area contributed by atoms with E-state index in [0.29, 0.717) is 5.89 Å². The van der Waals surface area contributed by atoms with Gasteiger partial charge in [-0.1, -0.05) is 161 Å². The van der Waals surface area contributed by atoms with Crippen LogP contribution in [0.25, 0.3) is 0 Å². The third kappa shape index (κ3) is 19.6. The van der Waals surface area contributed by atoms with Crippen LogP contribution in [0, 0.1) is 0 Å². The second-order valence-electron chi connectivity index (χ2n) is 27.2. The van der Waals surface area contributed by atoms with Crippen LogP contribution in [-0.2, 0) is 54.5 Å². The van der Waals surface area contributed by atoms with Gasteiger partial charge in [-0.25, -0.2) is 4.68 Å². The molecule has 0 N–H and O–H groups in total. The highest BCUT2D eigenvalue weighted by Gasteiger charge is 2.28. The van der Waals surface area contributed by atoms with Crippen molar-refractivity contribution < 1.29 is 9.05 Å². The molecule has 5 aromatic heterocycles. The topological polar surface area (TPSA) is 170 Å². The van der Waals surface area contributed by atoms with Gasteiger partial charge in [0.2, 0.25) is 5.89 Å². The molecular weight excluding hydrogens is 815 g/mol. The molecular formula is C50H93N13O2. The Bertz CT molecular complexity index is 1660. The maximum atomic E-state index is 5.31. The van der Waals surface area contributed by atoms with E-state index in [-0.39, 0.29) is 54.5 Å². The van der Waals surface area contributed by atoms with Gasteiger partial charge in [0.05, 0.1) is 39.9 Å². The SMILES string of the molecule is CC(C)(C)c1cc(C(C)(C)C)on1.CC(C)(C)c1cn(C(C)(C)C)nn1.CC(C)(C)c1cnn(C(C)(C)C)n1.CC(C)(C)c1nnn(C(C)(C)C)n1.CC(C)(C)c1noc(C(C)(C)C)n1. The Morgan fingerprint density at radius 2 is 0.877 bits per heavy atom. The summed E-state index contributed by atoms with van der Waals surface area (Å²) in [7, 11) is 0. The van der Waals surface area contributed by atoms with Gasteiger partial charge in [-0.2, -0.15) is 24.8 Å². The molecule has 0 bridgehead atoms. The van der Waals surface area contributed by atoms with Crippen molar-refractivity contribution >= 4 is 0 Å². The van der Waals surface area contributed by atoms with Crippen LogP contribution in [0.3, 0.4) is 0 Å². The van der Waals surface area contributed by atoms with Gasteiger partial charge in [0.1, 0.15) is 5.76 Å². The molecule has 0 atom stereocenters. The van der Waals surface area contributed by atoms with Gasteiger partial charge in [0.25, 0.3) is 0 Å². The minimum atomic E-state index is -0.0868. The van der Waals surface area contributed by atoms with Crippen molar-refractivity contribution in [1.29, 1.82) is 0 Å². The first-order valence-corrected chi connectivity index (χ1v) is 23.1. The summed E-state index contributed by atoms with van der Waals surface area (Å²) in [5, 5.41) is 37.5. The molecule has 0 unspecified atom stereocenters. The second kappa shape index (κ2) is 20.3. The van der Waals surface area contributed by atoms with Crippen LogP contribution in [-0.4, -0.2) is 65.5 Å². The summed E-state index contributed by atoms with van der Waals surface area (Å²) in [5.74, 6) is 3.23. The summed E-state index contributed by atoms with van der Waals surface area (Å²) >= 11 is 0. The molecule has 0 saturated carbocycles. The third-order valence-electron chi connectivity index (χ3n) is 9.25. The predicted octanol–water partition coefficient (Wildman–Crippen LogP) is 12.3. The molecule has 0 aliphatic carbocycles. The number of hydrogen-bond donors (Lipinski definition) is 0. The minimum absolute atomic E-state index is 0.0243. The fraction of sp³-hybridized carbons (Fsp3) is 0.800. The zero-order chi connectivity index (χ0) is 51.4. The Hall–Kier alpha value is -4.30. The minimum Gasteiger partial charge on any atom is -0.361 e. The normalized spacial score (nSPS) is 13.4. The lowest BCUT2D eigenvalue weighted by molar-refractivity contribution is 0.303. The van der Waals surface area contributed by atoms with Crippen molar-refractivity contribution in [3.63, 3.8) is 0 Å². The van der Waals surface area contributed by atoms with Crippen molar-refractivity contribution in [1.82, 2.24) is 65.5 Å². The third-order valence-corrected chi connectivity index (χ3v) is 9.25. The molecule has 0 amide bonds. The zero-order valence-corrected chi connectivity index (χ0v) is 46.9. The molecule has 5 rings (SSSR count). The van der Waals surface area contributed by atoms with E-state index >= 15 is 0 Å². The largest absolute Gasteiger partial charge is 0.361 e. The van der Waals surface area contributed by atoms with Gasteiger partial charge in [0.15, 0.2) is 11.6 Å². The van der Waals surface area contributed by atoms with Crippen LogP contribution in [0.15, 0.2) is 27.5 Å². The van der Waals surface area contributed by atoms with Gasteiger partial charge in [-0.05, 0) is 67.5 Å². The average Bonchev–Trinajstić information content (AvgIpc) is 3.92. The Balaban J connectivity index is 0.000000406. The number of tetrazole rings is 1. The van der Waals surface area contributed by atoms with Crippen LogP contribution in [0.5, 0.6) is 0 Å². The van der Waals surface area contributed by atoms with Crippen molar-refractivity contribution in [2.75, 3.05) is 0 Å². The lowest BCUT2D eigenvalue weighted by Gasteiger charge is -2.18. The van der Waals surface area contributed by atoms with E-state index in [1.807, 2.05) is 17.1 Å². The highest BCUT2D eigenvalue weighted by Crippen LogP contribution is 2.29. The fourth-order valence-electron chi connectivity index (χ4n) is 4.48. The van der Waals surface area contributed by atoms with Crippen molar-refractivity contribution in [2.24, 2.45) is 0 Å². The molecule has 0 aliphatic rings.